The van der Waals surface area contributed by atoms with Crippen LogP contribution in [0.1, 0.15) is 65.7 Å². The maximum atomic E-state index is 9.68. The van der Waals surface area contributed by atoms with Gasteiger partial charge in [0.25, 0.3) is 0 Å². The minimum Gasteiger partial charge on any atom is -0.393 e. The SMILES string of the molecule is CC(C)=C(C1=CCC[C@@H](C)C1)/C(=N\C=N)N[C@H]1CC[C@H](O)CC1. The highest BCUT2D eigenvalue weighted by atomic mass is 16.3. The van der Waals surface area contributed by atoms with Crippen LogP contribution in [0, 0.1) is 11.3 Å². The molecule has 2 aliphatic rings. The van der Waals surface area contributed by atoms with Crippen molar-refractivity contribution < 1.29 is 5.11 Å². The van der Waals surface area contributed by atoms with E-state index in [0.717, 1.165) is 50.7 Å². The Morgan fingerprint density at radius 1 is 1.26 bits per heavy atom. The molecule has 0 saturated heterocycles. The van der Waals surface area contributed by atoms with Crippen LogP contribution < -0.4 is 5.32 Å². The Kier molecular flexibility index (Phi) is 6.58. The second-order valence-corrected chi connectivity index (χ2v) is 7.25. The second kappa shape index (κ2) is 8.44. The van der Waals surface area contributed by atoms with Gasteiger partial charge in [-0.1, -0.05) is 18.6 Å². The van der Waals surface area contributed by atoms with Crippen LogP contribution in [0.25, 0.3) is 0 Å². The molecule has 2 aliphatic carbocycles. The van der Waals surface area contributed by atoms with Crippen LogP contribution in [-0.4, -0.2) is 29.4 Å². The molecule has 1 fully saturated rings. The number of aliphatic hydroxyl groups is 1. The van der Waals surface area contributed by atoms with Gasteiger partial charge in [0.15, 0.2) is 0 Å². The molecule has 0 aromatic heterocycles. The molecule has 1 saturated carbocycles. The number of rotatable bonds is 4. The zero-order valence-electron chi connectivity index (χ0n) is 14.7. The molecule has 0 heterocycles. The van der Waals surface area contributed by atoms with Crippen LogP contribution in [-0.2, 0) is 0 Å². The highest BCUT2D eigenvalue weighted by molar-refractivity contribution is 6.05. The van der Waals surface area contributed by atoms with Crippen LogP contribution in [0.15, 0.2) is 27.8 Å². The normalized spacial score (nSPS) is 28.8. The zero-order chi connectivity index (χ0) is 16.8. The van der Waals surface area contributed by atoms with Crippen molar-refractivity contribution in [1.29, 1.82) is 5.41 Å². The van der Waals surface area contributed by atoms with Crippen molar-refractivity contribution in [2.24, 2.45) is 10.9 Å². The summed E-state index contributed by atoms with van der Waals surface area (Å²) in [5.74, 6) is 1.54. The molecule has 0 aromatic carbocycles. The molecule has 4 heteroatoms. The van der Waals surface area contributed by atoms with Gasteiger partial charge >= 0.3 is 0 Å². The van der Waals surface area contributed by atoms with Crippen molar-refractivity contribution in [2.45, 2.75) is 77.9 Å². The third kappa shape index (κ3) is 5.03. The number of hydrogen-bond acceptors (Lipinski definition) is 2. The Hall–Kier alpha value is -1.42. The van der Waals surface area contributed by atoms with E-state index in [-0.39, 0.29) is 6.10 Å². The number of nitrogens with one attached hydrogen (secondary N) is 2. The lowest BCUT2D eigenvalue weighted by molar-refractivity contribution is 0.120. The van der Waals surface area contributed by atoms with Gasteiger partial charge in [-0.15, -0.1) is 0 Å². The fraction of sp³-hybridized carbons (Fsp3) is 0.684. The Morgan fingerprint density at radius 2 is 1.96 bits per heavy atom. The summed E-state index contributed by atoms with van der Waals surface area (Å²) in [7, 11) is 0. The molecule has 0 radical (unpaired) electrons. The first-order chi connectivity index (χ1) is 11.0. The van der Waals surface area contributed by atoms with Gasteiger partial charge in [0.1, 0.15) is 12.2 Å². The predicted octanol–water partition coefficient (Wildman–Crippen LogP) is 3.97. The Bertz CT molecular complexity index is 507. The first kappa shape index (κ1) is 17.9. The summed E-state index contributed by atoms with van der Waals surface area (Å²) in [6.45, 7) is 6.56. The molecule has 4 nitrogen and oxygen atoms in total. The molecule has 1 atom stereocenters. The number of nitrogens with zero attached hydrogens (tertiary/aromatic N) is 1. The summed E-state index contributed by atoms with van der Waals surface area (Å²) in [5, 5.41) is 20.7. The summed E-state index contributed by atoms with van der Waals surface area (Å²) in [6.07, 6.45) is 10.4. The van der Waals surface area contributed by atoms with Gasteiger partial charge in [-0.3, -0.25) is 5.41 Å². The minimum atomic E-state index is -0.152. The number of hydrogen-bond donors (Lipinski definition) is 3. The fourth-order valence-corrected chi connectivity index (χ4v) is 3.67. The lowest BCUT2D eigenvalue weighted by Crippen LogP contribution is -2.40. The maximum Gasteiger partial charge on any atom is 0.135 e. The summed E-state index contributed by atoms with van der Waals surface area (Å²) < 4.78 is 0. The van der Waals surface area contributed by atoms with E-state index >= 15 is 0 Å². The van der Waals surface area contributed by atoms with Crippen LogP contribution in [0.2, 0.25) is 0 Å². The molecular weight excluding hydrogens is 286 g/mol. The topological polar surface area (TPSA) is 68.5 Å². The largest absolute Gasteiger partial charge is 0.393 e. The van der Waals surface area contributed by atoms with E-state index in [1.54, 1.807) is 0 Å². The molecular formula is C19H31N3O. The number of allylic oxidation sites excluding steroid dienone is 2. The van der Waals surface area contributed by atoms with E-state index in [9.17, 15) is 5.11 Å². The molecule has 0 aliphatic heterocycles. The molecule has 0 unspecified atom stereocenters. The molecule has 0 aromatic rings. The Labute approximate surface area is 140 Å². The van der Waals surface area contributed by atoms with E-state index in [0.29, 0.717) is 12.0 Å². The average molecular weight is 317 g/mol. The van der Waals surface area contributed by atoms with Crippen molar-refractivity contribution in [3.05, 3.63) is 22.8 Å². The summed E-state index contributed by atoms with van der Waals surface area (Å²) >= 11 is 0. The quantitative estimate of drug-likeness (QED) is 0.542. The molecule has 128 valence electrons. The lowest BCUT2D eigenvalue weighted by Gasteiger charge is -2.30. The van der Waals surface area contributed by atoms with E-state index < -0.39 is 0 Å². The van der Waals surface area contributed by atoms with Gasteiger partial charge in [-0.2, -0.15) is 0 Å². The number of amidine groups is 1. The number of aliphatic hydroxyl groups excluding tert-OH is 1. The third-order valence-electron chi connectivity index (χ3n) is 4.91. The van der Waals surface area contributed by atoms with Crippen molar-refractivity contribution >= 4 is 12.2 Å². The third-order valence-corrected chi connectivity index (χ3v) is 4.91. The molecule has 2 rings (SSSR count). The van der Waals surface area contributed by atoms with Crippen molar-refractivity contribution in [3.63, 3.8) is 0 Å². The lowest BCUT2D eigenvalue weighted by atomic mass is 9.84. The maximum absolute atomic E-state index is 9.68. The highest BCUT2D eigenvalue weighted by Gasteiger charge is 2.24. The monoisotopic (exact) mass is 317 g/mol. The molecule has 0 spiro atoms. The molecule has 3 N–H and O–H groups in total. The zero-order valence-corrected chi connectivity index (χ0v) is 14.7. The fourth-order valence-electron chi connectivity index (χ4n) is 3.67. The van der Waals surface area contributed by atoms with Gasteiger partial charge in [-0.25, -0.2) is 4.99 Å². The van der Waals surface area contributed by atoms with Crippen molar-refractivity contribution in [2.75, 3.05) is 0 Å². The molecule has 0 amide bonds. The van der Waals surface area contributed by atoms with Crippen molar-refractivity contribution in [3.8, 4) is 0 Å². The van der Waals surface area contributed by atoms with Gasteiger partial charge in [0.05, 0.1) is 6.10 Å². The molecule has 0 bridgehead atoms. The van der Waals surface area contributed by atoms with Crippen LogP contribution in [0.4, 0.5) is 0 Å². The summed E-state index contributed by atoms with van der Waals surface area (Å²) in [5.41, 5.74) is 3.80. The van der Waals surface area contributed by atoms with E-state index in [1.807, 2.05) is 0 Å². The van der Waals surface area contributed by atoms with E-state index in [1.165, 1.54) is 23.1 Å². The Morgan fingerprint density at radius 3 is 2.52 bits per heavy atom. The molecule has 23 heavy (non-hydrogen) atoms. The van der Waals surface area contributed by atoms with Gasteiger partial charge in [-0.05, 0) is 70.3 Å². The van der Waals surface area contributed by atoms with E-state index in [4.69, 9.17) is 5.41 Å². The summed E-state index contributed by atoms with van der Waals surface area (Å²) in [6, 6.07) is 0.341. The van der Waals surface area contributed by atoms with Crippen LogP contribution >= 0.6 is 0 Å². The van der Waals surface area contributed by atoms with Crippen LogP contribution in [0.5, 0.6) is 0 Å². The smallest absolute Gasteiger partial charge is 0.135 e. The standard InChI is InChI=1S/C19H31N3O/c1-13(2)18(15-6-4-5-14(3)11-15)19(21-12-20)22-16-7-9-17(23)10-8-16/h6,12,14,16-17,23H,4-5,7-11H2,1-3H3,(H2,20,21,22)/t14-,16-,17-/m1/s1. The van der Waals surface area contributed by atoms with Gasteiger partial charge < -0.3 is 10.4 Å². The highest BCUT2D eigenvalue weighted by Crippen LogP contribution is 2.31. The average Bonchev–Trinajstić information content (AvgIpc) is 2.49. The van der Waals surface area contributed by atoms with Crippen LogP contribution in [0.3, 0.4) is 0 Å². The van der Waals surface area contributed by atoms with Crippen molar-refractivity contribution in [1.82, 2.24) is 5.32 Å². The number of aliphatic imine (C=N–C) groups is 1. The first-order valence-electron chi connectivity index (χ1n) is 8.89. The first-order valence-corrected chi connectivity index (χ1v) is 8.89. The van der Waals surface area contributed by atoms with Gasteiger partial charge in [0.2, 0.25) is 0 Å². The minimum absolute atomic E-state index is 0.152. The van der Waals surface area contributed by atoms with E-state index in [2.05, 4.69) is 37.2 Å². The van der Waals surface area contributed by atoms with Gasteiger partial charge in [0, 0.05) is 11.6 Å². The predicted molar refractivity (Wildman–Crippen MR) is 97.1 cm³/mol. The Balaban J connectivity index is 2.20. The second-order valence-electron chi connectivity index (χ2n) is 7.25. The summed E-state index contributed by atoms with van der Waals surface area (Å²) in [4.78, 5) is 4.35.